The van der Waals surface area contributed by atoms with E-state index in [1.54, 1.807) is 0 Å². The van der Waals surface area contributed by atoms with Gasteiger partial charge in [-0.3, -0.25) is 9.67 Å². The molecular weight excluding hydrogens is 212 g/mol. The van der Waals surface area contributed by atoms with E-state index in [0.717, 1.165) is 18.8 Å². The molecule has 1 aliphatic carbocycles. The van der Waals surface area contributed by atoms with E-state index >= 15 is 0 Å². The van der Waals surface area contributed by atoms with Gasteiger partial charge in [0.2, 0.25) is 0 Å². The highest BCUT2D eigenvalue weighted by molar-refractivity contribution is 5.82. The smallest absolute Gasteiger partial charge is 0.0968 e. The molecule has 0 bridgehead atoms. The molecule has 0 radical (unpaired) electrons. The van der Waals surface area contributed by atoms with Crippen LogP contribution in [-0.2, 0) is 13.5 Å². The second kappa shape index (κ2) is 5.84. The van der Waals surface area contributed by atoms with Crippen molar-refractivity contribution < 1.29 is 0 Å². The maximum Gasteiger partial charge on any atom is 0.0968 e. The van der Waals surface area contributed by atoms with Gasteiger partial charge in [0.15, 0.2) is 0 Å². The molecule has 4 nitrogen and oxygen atoms in total. The van der Waals surface area contributed by atoms with Gasteiger partial charge in [-0.25, -0.2) is 0 Å². The largest absolute Gasteiger partial charge is 0.387 e. The van der Waals surface area contributed by atoms with Crippen LogP contribution in [0.25, 0.3) is 0 Å². The van der Waals surface area contributed by atoms with Crippen molar-refractivity contribution in [2.24, 2.45) is 23.7 Å². The van der Waals surface area contributed by atoms with Crippen LogP contribution in [0.4, 0.5) is 0 Å². The third kappa shape index (κ3) is 3.32. The van der Waals surface area contributed by atoms with E-state index in [1.807, 2.05) is 24.0 Å². The Balaban J connectivity index is 1.81. The summed E-state index contributed by atoms with van der Waals surface area (Å²) in [6.45, 7) is 0.780. The van der Waals surface area contributed by atoms with Gasteiger partial charge in [-0.2, -0.15) is 5.10 Å². The number of nitrogens with zero attached hydrogens (tertiary/aromatic N) is 3. The number of aryl methyl sites for hydroxylation is 1. The summed E-state index contributed by atoms with van der Waals surface area (Å²) >= 11 is 0. The maximum absolute atomic E-state index is 6.05. The first-order chi connectivity index (χ1) is 8.27. The fourth-order valence-corrected chi connectivity index (χ4v) is 2.47. The highest BCUT2D eigenvalue weighted by Crippen LogP contribution is 2.23. The summed E-state index contributed by atoms with van der Waals surface area (Å²) in [6.07, 6.45) is 9.17. The van der Waals surface area contributed by atoms with Gasteiger partial charge in [0.25, 0.3) is 0 Å². The van der Waals surface area contributed by atoms with Gasteiger partial charge in [-0.15, -0.1) is 0 Å². The summed E-state index contributed by atoms with van der Waals surface area (Å²) < 4.78 is 1.90. The molecule has 2 rings (SSSR count). The van der Waals surface area contributed by atoms with Crippen molar-refractivity contribution in [1.82, 2.24) is 9.78 Å². The van der Waals surface area contributed by atoms with E-state index in [9.17, 15) is 0 Å². The van der Waals surface area contributed by atoms with E-state index in [2.05, 4.69) is 10.1 Å². The lowest BCUT2D eigenvalue weighted by Crippen LogP contribution is -2.26. The van der Waals surface area contributed by atoms with Gasteiger partial charge in [0.1, 0.15) is 0 Å². The average Bonchev–Trinajstić information content (AvgIpc) is 2.76. The maximum atomic E-state index is 6.05. The SMILES string of the molecule is Cn1nccc1CCN=C(N)C1CCCCC1. The van der Waals surface area contributed by atoms with Crippen LogP contribution in [0.15, 0.2) is 17.3 Å². The topological polar surface area (TPSA) is 56.2 Å². The van der Waals surface area contributed by atoms with Gasteiger partial charge in [-0.05, 0) is 18.9 Å². The summed E-state index contributed by atoms with van der Waals surface area (Å²) in [5, 5.41) is 4.14. The highest BCUT2D eigenvalue weighted by Gasteiger charge is 2.16. The normalized spacial score (nSPS) is 18.5. The summed E-state index contributed by atoms with van der Waals surface area (Å²) in [5.74, 6) is 1.40. The first kappa shape index (κ1) is 12.1. The molecule has 1 fully saturated rings. The summed E-state index contributed by atoms with van der Waals surface area (Å²) in [6, 6.07) is 2.03. The number of aromatic nitrogens is 2. The monoisotopic (exact) mass is 234 g/mol. The van der Waals surface area contributed by atoms with Gasteiger partial charge in [0, 0.05) is 37.8 Å². The third-order valence-corrected chi connectivity index (χ3v) is 3.61. The molecule has 0 amide bonds. The van der Waals surface area contributed by atoms with E-state index in [0.29, 0.717) is 5.92 Å². The first-order valence-electron chi connectivity index (χ1n) is 6.54. The molecule has 1 aromatic heterocycles. The molecule has 1 aliphatic rings. The molecule has 17 heavy (non-hydrogen) atoms. The third-order valence-electron chi connectivity index (χ3n) is 3.61. The highest BCUT2D eigenvalue weighted by atomic mass is 15.3. The molecule has 0 aliphatic heterocycles. The Labute approximate surface area is 103 Å². The second-order valence-corrected chi connectivity index (χ2v) is 4.84. The van der Waals surface area contributed by atoms with Crippen LogP contribution in [0.2, 0.25) is 0 Å². The Morgan fingerprint density at radius 1 is 1.47 bits per heavy atom. The van der Waals surface area contributed by atoms with Crippen molar-refractivity contribution >= 4 is 5.84 Å². The van der Waals surface area contributed by atoms with Crippen LogP contribution in [0, 0.1) is 5.92 Å². The van der Waals surface area contributed by atoms with E-state index in [1.165, 1.54) is 37.8 Å². The van der Waals surface area contributed by atoms with Crippen molar-refractivity contribution in [3.05, 3.63) is 18.0 Å². The standard InChI is InChI=1S/C13H22N4/c1-17-12(8-10-16-17)7-9-15-13(14)11-5-3-2-4-6-11/h8,10-11H,2-7,9H2,1H3,(H2,14,15). The van der Waals surface area contributed by atoms with Crippen LogP contribution < -0.4 is 5.73 Å². The lowest BCUT2D eigenvalue weighted by molar-refractivity contribution is 0.436. The molecule has 0 aromatic carbocycles. The van der Waals surface area contributed by atoms with Gasteiger partial charge in [0.05, 0.1) is 5.84 Å². The zero-order chi connectivity index (χ0) is 12.1. The number of amidine groups is 1. The molecule has 1 saturated carbocycles. The number of nitrogens with two attached hydrogens (primary N) is 1. The van der Waals surface area contributed by atoms with Gasteiger partial charge in [-0.1, -0.05) is 19.3 Å². The molecule has 4 heteroatoms. The average molecular weight is 234 g/mol. The van der Waals surface area contributed by atoms with E-state index < -0.39 is 0 Å². The van der Waals surface area contributed by atoms with Crippen LogP contribution in [0.1, 0.15) is 37.8 Å². The first-order valence-corrected chi connectivity index (χ1v) is 6.54. The Hall–Kier alpha value is -1.32. The van der Waals surface area contributed by atoms with Crippen LogP contribution >= 0.6 is 0 Å². The zero-order valence-corrected chi connectivity index (χ0v) is 10.6. The Kier molecular flexibility index (Phi) is 4.18. The minimum Gasteiger partial charge on any atom is -0.387 e. The van der Waals surface area contributed by atoms with E-state index in [4.69, 9.17) is 5.73 Å². The molecule has 1 heterocycles. The molecule has 0 saturated heterocycles. The lowest BCUT2D eigenvalue weighted by Gasteiger charge is -2.20. The molecule has 0 spiro atoms. The van der Waals surface area contributed by atoms with Crippen molar-refractivity contribution in [2.75, 3.05) is 6.54 Å². The lowest BCUT2D eigenvalue weighted by atomic mass is 9.88. The number of rotatable bonds is 4. The quantitative estimate of drug-likeness (QED) is 0.639. The number of hydrogen-bond donors (Lipinski definition) is 1. The van der Waals surface area contributed by atoms with Gasteiger partial charge < -0.3 is 5.73 Å². The summed E-state index contributed by atoms with van der Waals surface area (Å²) in [4.78, 5) is 4.52. The van der Waals surface area contributed by atoms with E-state index in [-0.39, 0.29) is 0 Å². The van der Waals surface area contributed by atoms with Crippen molar-refractivity contribution in [2.45, 2.75) is 38.5 Å². The minimum atomic E-state index is 0.537. The molecule has 94 valence electrons. The van der Waals surface area contributed by atoms with Gasteiger partial charge >= 0.3 is 0 Å². The summed E-state index contributed by atoms with van der Waals surface area (Å²) in [7, 11) is 1.96. The predicted octanol–water partition coefficient (Wildman–Crippen LogP) is 1.90. The fourth-order valence-electron chi connectivity index (χ4n) is 2.47. The molecule has 0 atom stereocenters. The fraction of sp³-hybridized carbons (Fsp3) is 0.692. The molecule has 2 N–H and O–H groups in total. The van der Waals surface area contributed by atoms with Crippen molar-refractivity contribution in [3.8, 4) is 0 Å². The Morgan fingerprint density at radius 3 is 2.88 bits per heavy atom. The van der Waals surface area contributed by atoms with Crippen LogP contribution in [0.5, 0.6) is 0 Å². The molecular formula is C13H22N4. The minimum absolute atomic E-state index is 0.537. The van der Waals surface area contributed by atoms with Crippen LogP contribution in [-0.4, -0.2) is 22.2 Å². The predicted molar refractivity (Wildman–Crippen MR) is 70.0 cm³/mol. The Morgan fingerprint density at radius 2 is 2.24 bits per heavy atom. The summed E-state index contributed by atoms with van der Waals surface area (Å²) in [5.41, 5.74) is 7.27. The zero-order valence-electron chi connectivity index (χ0n) is 10.6. The second-order valence-electron chi connectivity index (χ2n) is 4.84. The van der Waals surface area contributed by atoms with Crippen molar-refractivity contribution in [3.63, 3.8) is 0 Å². The number of aliphatic imine (C=N–C) groups is 1. The number of hydrogen-bond acceptors (Lipinski definition) is 2. The van der Waals surface area contributed by atoms with Crippen LogP contribution in [0.3, 0.4) is 0 Å². The Bertz CT molecular complexity index is 375. The van der Waals surface area contributed by atoms with Crippen molar-refractivity contribution in [1.29, 1.82) is 0 Å². The molecule has 1 aromatic rings. The molecule has 0 unspecified atom stereocenters.